The molecule has 1 aromatic carbocycles. The van der Waals surface area contributed by atoms with Gasteiger partial charge in [-0.05, 0) is 50.5 Å². The van der Waals surface area contributed by atoms with Gasteiger partial charge in [0, 0.05) is 29.6 Å². The van der Waals surface area contributed by atoms with Gasteiger partial charge in [-0.25, -0.2) is 14.4 Å². The molecule has 0 aliphatic carbocycles. The summed E-state index contributed by atoms with van der Waals surface area (Å²) in [6.07, 6.45) is -3.86. The topological polar surface area (TPSA) is 100 Å². The third kappa shape index (κ3) is 4.84. The molecule has 2 fully saturated rings. The number of anilines is 1. The zero-order valence-electron chi connectivity index (χ0n) is 21.1. The zero-order chi connectivity index (χ0) is 27.4. The lowest BCUT2D eigenvalue weighted by Crippen LogP contribution is -2.57. The number of aromatic amines is 1. The summed E-state index contributed by atoms with van der Waals surface area (Å²) < 4.78 is 62.0. The van der Waals surface area contributed by atoms with Crippen molar-refractivity contribution in [3.8, 4) is 0 Å². The lowest BCUT2D eigenvalue weighted by atomic mass is 9.74. The van der Waals surface area contributed by atoms with Crippen LogP contribution in [0.5, 0.6) is 0 Å². The summed E-state index contributed by atoms with van der Waals surface area (Å²) in [6.45, 7) is 7.21. The summed E-state index contributed by atoms with van der Waals surface area (Å²) in [7, 11) is 0. The Morgan fingerprint density at radius 2 is 2.00 bits per heavy atom. The number of amides is 1. The third-order valence-corrected chi connectivity index (χ3v) is 7.11. The van der Waals surface area contributed by atoms with Gasteiger partial charge in [-0.2, -0.15) is 13.2 Å². The maximum atomic E-state index is 15.1. The Labute approximate surface area is 215 Å². The number of likely N-dealkylation sites (tertiary alicyclic amines) is 1. The highest BCUT2D eigenvalue weighted by atomic mass is 19.4. The highest BCUT2D eigenvalue weighted by Gasteiger charge is 2.45. The van der Waals surface area contributed by atoms with Crippen molar-refractivity contribution in [3.63, 3.8) is 0 Å². The molecule has 3 aromatic rings. The molecule has 4 heterocycles. The van der Waals surface area contributed by atoms with Crippen LogP contribution in [0.15, 0.2) is 29.1 Å². The second kappa shape index (κ2) is 9.33. The van der Waals surface area contributed by atoms with E-state index in [9.17, 15) is 22.8 Å². The number of benzene rings is 1. The quantitative estimate of drug-likeness (QED) is 0.481. The molecule has 0 saturated carbocycles. The van der Waals surface area contributed by atoms with Crippen molar-refractivity contribution >= 4 is 22.6 Å². The molecular formula is C26H27F4N5O3. The van der Waals surface area contributed by atoms with E-state index in [2.05, 4.69) is 27.2 Å². The van der Waals surface area contributed by atoms with Gasteiger partial charge >= 0.3 is 6.18 Å². The smallest absolute Gasteiger partial charge is 0.380 e. The van der Waals surface area contributed by atoms with Crippen molar-refractivity contribution in [2.24, 2.45) is 11.3 Å². The van der Waals surface area contributed by atoms with E-state index >= 15 is 4.39 Å². The highest BCUT2D eigenvalue weighted by molar-refractivity contribution is 5.94. The number of piperidine rings is 1. The molecule has 0 bridgehead atoms. The molecule has 1 spiro atoms. The van der Waals surface area contributed by atoms with Crippen LogP contribution in [0.1, 0.15) is 53.7 Å². The first-order chi connectivity index (χ1) is 17.8. The Morgan fingerprint density at radius 3 is 2.63 bits per heavy atom. The first-order valence-electron chi connectivity index (χ1n) is 12.3. The molecule has 38 heavy (non-hydrogen) atoms. The molecule has 2 atom stereocenters. The number of aromatic nitrogens is 3. The summed E-state index contributed by atoms with van der Waals surface area (Å²) in [6, 6.07) is 3.85. The SMILES string of the molecule is Cc1nc2nc(C(F)(F)F)c(C(C)Nc3ccc(C(=O)N4CC(C)CC5(COC5)C4)cc3F)cc2c(=O)[nH]1. The number of alkyl halides is 3. The first-order valence-corrected chi connectivity index (χ1v) is 12.3. The van der Waals surface area contributed by atoms with Gasteiger partial charge in [-0.3, -0.25) is 9.59 Å². The fourth-order valence-electron chi connectivity index (χ4n) is 5.47. The number of hydrogen-bond donors (Lipinski definition) is 2. The van der Waals surface area contributed by atoms with E-state index in [1.807, 2.05) is 0 Å². The standard InChI is InChI=1S/C26H27F4N5O3/c1-13-8-25(11-38-12-25)10-35(9-13)24(37)16-4-5-20(19(27)6-16)31-14(2)17-7-18-22(32-15(3)33-23(18)36)34-21(17)26(28,29)30/h4-7,13-14,31H,8-12H2,1-3H3,(H,32,33,34,36). The highest BCUT2D eigenvalue weighted by Crippen LogP contribution is 2.40. The normalized spacial score (nSPS) is 19.9. The third-order valence-electron chi connectivity index (χ3n) is 7.11. The summed E-state index contributed by atoms with van der Waals surface area (Å²) in [5.74, 6) is -0.671. The van der Waals surface area contributed by atoms with E-state index in [1.165, 1.54) is 26.0 Å². The van der Waals surface area contributed by atoms with Crippen molar-refractivity contribution < 1.29 is 27.1 Å². The van der Waals surface area contributed by atoms with Crippen molar-refractivity contribution in [2.75, 3.05) is 31.6 Å². The molecule has 2 aromatic heterocycles. The van der Waals surface area contributed by atoms with Crippen molar-refractivity contribution in [1.29, 1.82) is 0 Å². The summed E-state index contributed by atoms with van der Waals surface area (Å²) in [5.41, 5.74) is -2.50. The molecule has 1 amide bonds. The molecule has 2 unspecified atom stereocenters. The number of H-pyrrole nitrogens is 1. The van der Waals surface area contributed by atoms with E-state index in [1.54, 1.807) is 4.90 Å². The number of ether oxygens (including phenoxy) is 1. The van der Waals surface area contributed by atoms with Crippen LogP contribution < -0.4 is 10.9 Å². The van der Waals surface area contributed by atoms with Crippen molar-refractivity contribution in [2.45, 2.75) is 39.4 Å². The minimum Gasteiger partial charge on any atom is -0.380 e. The average molecular weight is 534 g/mol. The lowest BCUT2D eigenvalue weighted by Gasteiger charge is -2.50. The van der Waals surface area contributed by atoms with Crippen molar-refractivity contribution in [3.05, 3.63) is 63.1 Å². The Hall–Kier alpha value is -3.54. The average Bonchev–Trinajstić information content (AvgIpc) is 2.82. The van der Waals surface area contributed by atoms with Crippen LogP contribution >= 0.6 is 0 Å². The minimum atomic E-state index is -4.83. The molecule has 2 saturated heterocycles. The fraction of sp³-hybridized carbons (Fsp3) is 0.462. The van der Waals surface area contributed by atoms with Gasteiger partial charge in [0.15, 0.2) is 11.3 Å². The van der Waals surface area contributed by atoms with Gasteiger partial charge in [-0.15, -0.1) is 0 Å². The predicted molar refractivity (Wildman–Crippen MR) is 131 cm³/mol. The number of nitrogens with one attached hydrogen (secondary N) is 2. The second-order valence-electron chi connectivity index (χ2n) is 10.5. The predicted octanol–water partition coefficient (Wildman–Crippen LogP) is 4.46. The number of rotatable bonds is 4. The van der Waals surface area contributed by atoms with E-state index in [0.29, 0.717) is 26.3 Å². The Balaban J connectivity index is 1.41. The second-order valence-corrected chi connectivity index (χ2v) is 10.5. The van der Waals surface area contributed by atoms with Crippen LogP contribution in [-0.2, 0) is 10.9 Å². The number of hydrogen-bond acceptors (Lipinski definition) is 6. The summed E-state index contributed by atoms with van der Waals surface area (Å²) in [5, 5.41) is 2.62. The number of carbonyl (C=O) groups excluding carboxylic acids is 1. The first kappa shape index (κ1) is 26.1. The van der Waals surface area contributed by atoms with Gasteiger partial charge in [0.2, 0.25) is 0 Å². The molecule has 0 radical (unpaired) electrons. The summed E-state index contributed by atoms with van der Waals surface area (Å²) in [4.78, 5) is 37.2. The zero-order valence-corrected chi connectivity index (χ0v) is 21.1. The number of pyridine rings is 1. The van der Waals surface area contributed by atoms with Crippen LogP contribution in [0.25, 0.3) is 11.0 Å². The largest absolute Gasteiger partial charge is 0.433 e. The van der Waals surface area contributed by atoms with Crippen LogP contribution in [0.3, 0.4) is 0 Å². The van der Waals surface area contributed by atoms with Crippen LogP contribution in [-0.4, -0.2) is 52.1 Å². The van der Waals surface area contributed by atoms with E-state index in [0.717, 1.165) is 18.6 Å². The molecular weight excluding hydrogens is 506 g/mol. The maximum absolute atomic E-state index is 15.1. The van der Waals surface area contributed by atoms with Gasteiger partial charge in [0.05, 0.1) is 30.3 Å². The molecule has 2 aliphatic rings. The monoisotopic (exact) mass is 533 g/mol. The summed E-state index contributed by atoms with van der Waals surface area (Å²) >= 11 is 0. The van der Waals surface area contributed by atoms with E-state index < -0.39 is 29.3 Å². The number of halogens is 4. The van der Waals surface area contributed by atoms with Gasteiger partial charge < -0.3 is 19.9 Å². The molecule has 8 nitrogen and oxygen atoms in total. The maximum Gasteiger partial charge on any atom is 0.433 e. The Morgan fingerprint density at radius 1 is 1.26 bits per heavy atom. The minimum absolute atomic E-state index is 0.0528. The molecule has 2 aliphatic heterocycles. The number of aryl methyl sites for hydroxylation is 1. The number of fused-ring (bicyclic) bond motifs is 1. The Kier molecular flexibility index (Phi) is 6.41. The van der Waals surface area contributed by atoms with Crippen molar-refractivity contribution in [1.82, 2.24) is 19.9 Å². The van der Waals surface area contributed by atoms with Crippen LogP contribution in [0.2, 0.25) is 0 Å². The van der Waals surface area contributed by atoms with Gasteiger partial charge in [0.1, 0.15) is 11.6 Å². The number of carbonyl (C=O) groups is 1. The van der Waals surface area contributed by atoms with E-state index in [4.69, 9.17) is 4.74 Å². The number of nitrogens with zero attached hydrogens (tertiary/aromatic N) is 3. The van der Waals surface area contributed by atoms with Crippen LogP contribution in [0, 0.1) is 24.1 Å². The molecule has 2 N–H and O–H groups in total. The lowest BCUT2D eigenvalue weighted by molar-refractivity contribution is -0.147. The molecule has 12 heteroatoms. The Bertz CT molecular complexity index is 1470. The van der Waals surface area contributed by atoms with E-state index in [-0.39, 0.29) is 50.9 Å². The molecule has 202 valence electrons. The fourth-order valence-corrected chi connectivity index (χ4v) is 5.47. The van der Waals surface area contributed by atoms with Gasteiger partial charge in [0.25, 0.3) is 11.5 Å². The molecule has 5 rings (SSSR count). The van der Waals surface area contributed by atoms with Gasteiger partial charge in [-0.1, -0.05) is 6.92 Å². The van der Waals surface area contributed by atoms with Crippen LogP contribution in [0.4, 0.5) is 23.2 Å².